The summed E-state index contributed by atoms with van der Waals surface area (Å²) in [7, 11) is 0. The Morgan fingerprint density at radius 1 is 1.32 bits per heavy atom. The van der Waals surface area contributed by atoms with E-state index in [0.717, 1.165) is 31.8 Å². The normalized spacial score (nSPS) is 19.5. The predicted molar refractivity (Wildman–Crippen MR) is 80.1 cm³/mol. The molecular formula is C16H20F2N4. The standard InChI is InChI=1S/C16H20F2N4/c17-14-4-1-5-15(18)13(14)11-22-8-2-3-12(10-22)21-9-16-19-6-7-20-16/h1,4-7,12,21H,2-3,8-11H2,(H,19,20)/t12-/m1/s1. The van der Waals surface area contributed by atoms with Crippen LogP contribution in [0.25, 0.3) is 0 Å². The van der Waals surface area contributed by atoms with E-state index < -0.39 is 11.6 Å². The van der Waals surface area contributed by atoms with Crippen LogP contribution in [0.1, 0.15) is 24.2 Å². The van der Waals surface area contributed by atoms with Crippen LogP contribution in [0.3, 0.4) is 0 Å². The molecular weight excluding hydrogens is 286 g/mol. The smallest absolute Gasteiger partial charge is 0.130 e. The summed E-state index contributed by atoms with van der Waals surface area (Å²) < 4.78 is 27.5. The zero-order chi connectivity index (χ0) is 15.4. The van der Waals surface area contributed by atoms with Crippen LogP contribution in [-0.2, 0) is 13.1 Å². The van der Waals surface area contributed by atoms with E-state index in [1.165, 1.54) is 18.2 Å². The average Bonchev–Trinajstić information content (AvgIpc) is 3.03. The maximum absolute atomic E-state index is 13.7. The summed E-state index contributed by atoms with van der Waals surface area (Å²) in [4.78, 5) is 9.34. The lowest BCUT2D eigenvalue weighted by atomic mass is 10.0. The second kappa shape index (κ2) is 6.98. The summed E-state index contributed by atoms with van der Waals surface area (Å²) in [5.74, 6) is -0.0337. The monoisotopic (exact) mass is 306 g/mol. The Balaban J connectivity index is 1.56. The van der Waals surface area contributed by atoms with Crippen molar-refractivity contribution in [1.29, 1.82) is 0 Å². The van der Waals surface area contributed by atoms with Crippen molar-refractivity contribution in [3.8, 4) is 0 Å². The topological polar surface area (TPSA) is 44.0 Å². The maximum Gasteiger partial charge on any atom is 0.130 e. The Kier molecular flexibility index (Phi) is 4.80. The number of halogens is 2. The zero-order valence-corrected chi connectivity index (χ0v) is 12.4. The Morgan fingerprint density at radius 3 is 2.86 bits per heavy atom. The van der Waals surface area contributed by atoms with Crippen molar-refractivity contribution in [3.05, 3.63) is 53.6 Å². The van der Waals surface area contributed by atoms with Gasteiger partial charge in [-0.2, -0.15) is 0 Å². The fourth-order valence-corrected chi connectivity index (χ4v) is 2.91. The summed E-state index contributed by atoms with van der Waals surface area (Å²) in [5, 5.41) is 3.45. The highest BCUT2D eigenvalue weighted by atomic mass is 19.1. The van der Waals surface area contributed by atoms with Gasteiger partial charge in [0, 0.05) is 37.1 Å². The van der Waals surface area contributed by atoms with E-state index in [0.29, 0.717) is 19.1 Å². The molecule has 1 aliphatic rings. The molecule has 1 saturated heterocycles. The highest BCUT2D eigenvalue weighted by Gasteiger charge is 2.21. The fourth-order valence-electron chi connectivity index (χ4n) is 2.91. The van der Waals surface area contributed by atoms with E-state index >= 15 is 0 Å². The minimum Gasteiger partial charge on any atom is -0.348 e. The molecule has 1 atom stereocenters. The first-order valence-corrected chi connectivity index (χ1v) is 7.59. The molecule has 6 heteroatoms. The van der Waals surface area contributed by atoms with Gasteiger partial charge in [-0.3, -0.25) is 4.90 Å². The number of likely N-dealkylation sites (tertiary alicyclic amines) is 1. The van der Waals surface area contributed by atoms with Gasteiger partial charge in [0.15, 0.2) is 0 Å². The molecule has 0 aliphatic carbocycles. The molecule has 0 amide bonds. The first kappa shape index (κ1) is 15.1. The van der Waals surface area contributed by atoms with Crippen LogP contribution in [0.4, 0.5) is 8.78 Å². The highest BCUT2D eigenvalue weighted by molar-refractivity contribution is 5.19. The SMILES string of the molecule is Fc1cccc(F)c1CN1CCC[C@@H](NCc2ncc[nH]2)C1. The summed E-state index contributed by atoms with van der Waals surface area (Å²) in [6.07, 6.45) is 5.61. The lowest BCUT2D eigenvalue weighted by molar-refractivity contribution is 0.178. The van der Waals surface area contributed by atoms with Gasteiger partial charge in [-0.05, 0) is 31.5 Å². The zero-order valence-electron chi connectivity index (χ0n) is 12.4. The van der Waals surface area contributed by atoms with Gasteiger partial charge in [-0.1, -0.05) is 6.07 Å². The average molecular weight is 306 g/mol. The lowest BCUT2D eigenvalue weighted by Crippen LogP contribution is -2.45. The minimum absolute atomic E-state index is 0.161. The molecule has 0 saturated carbocycles. The Bertz CT molecular complexity index is 580. The first-order chi connectivity index (χ1) is 10.7. The molecule has 2 aromatic rings. The molecule has 2 heterocycles. The van der Waals surface area contributed by atoms with E-state index in [2.05, 4.69) is 20.2 Å². The summed E-state index contributed by atoms with van der Waals surface area (Å²) in [6, 6.07) is 4.34. The molecule has 1 aromatic carbocycles. The largest absolute Gasteiger partial charge is 0.348 e. The quantitative estimate of drug-likeness (QED) is 0.892. The van der Waals surface area contributed by atoms with Crippen molar-refractivity contribution < 1.29 is 8.78 Å². The van der Waals surface area contributed by atoms with Crippen molar-refractivity contribution in [1.82, 2.24) is 20.2 Å². The molecule has 0 spiro atoms. The number of H-pyrrole nitrogens is 1. The van der Waals surface area contributed by atoms with Crippen molar-refractivity contribution in [2.75, 3.05) is 13.1 Å². The van der Waals surface area contributed by atoms with Gasteiger partial charge in [0.25, 0.3) is 0 Å². The third kappa shape index (κ3) is 3.69. The molecule has 1 aromatic heterocycles. The van der Waals surface area contributed by atoms with Crippen LogP contribution in [0.15, 0.2) is 30.6 Å². The van der Waals surface area contributed by atoms with Gasteiger partial charge in [-0.25, -0.2) is 13.8 Å². The number of hydrogen-bond donors (Lipinski definition) is 2. The number of rotatable bonds is 5. The van der Waals surface area contributed by atoms with E-state index in [-0.39, 0.29) is 5.56 Å². The molecule has 2 N–H and O–H groups in total. The minimum atomic E-state index is -0.467. The van der Waals surface area contributed by atoms with Crippen molar-refractivity contribution >= 4 is 0 Å². The number of aromatic nitrogens is 2. The Hall–Kier alpha value is -1.79. The number of nitrogens with one attached hydrogen (secondary N) is 2. The molecule has 0 bridgehead atoms. The van der Waals surface area contributed by atoms with E-state index in [4.69, 9.17) is 0 Å². The van der Waals surface area contributed by atoms with Crippen LogP contribution in [0.5, 0.6) is 0 Å². The fraction of sp³-hybridized carbons (Fsp3) is 0.438. The number of aromatic amines is 1. The Labute approximate surface area is 128 Å². The maximum atomic E-state index is 13.7. The van der Waals surface area contributed by atoms with Crippen molar-refractivity contribution in [2.24, 2.45) is 0 Å². The van der Waals surface area contributed by atoms with Crippen molar-refractivity contribution in [2.45, 2.75) is 32.0 Å². The van der Waals surface area contributed by atoms with Crippen LogP contribution in [0.2, 0.25) is 0 Å². The molecule has 1 aliphatic heterocycles. The molecule has 3 rings (SSSR count). The van der Waals surface area contributed by atoms with Gasteiger partial charge >= 0.3 is 0 Å². The van der Waals surface area contributed by atoms with Crippen LogP contribution >= 0.6 is 0 Å². The third-order valence-corrected chi connectivity index (χ3v) is 4.06. The molecule has 118 valence electrons. The van der Waals surface area contributed by atoms with E-state index in [9.17, 15) is 8.78 Å². The summed E-state index contributed by atoms with van der Waals surface area (Å²) in [6.45, 7) is 2.65. The van der Waals surface area contributed by atoms with Gasteiger partial charge in [0.05, 0.1) is 6.54 Å². The van der Waals surface area contributed by atoms with Crippen molar-refractivity contribution in [3.63, 3.8) is 0 Å². The number of nitrogens with zero attached hydrogens (tertiary/aromatic N) is 2. The molecule has 1 fully saturated rings. The molecule has 22 heavy (non-hydrogen) atoms. The van der Waals surface area contributed by atoms with Crippen LogP contribution in [-0.4, -0.2) is 34.0 Å². The first-order valence-electron chi connectivity index (χ1n) is 7.59. The highest BCUT2D eigenvalue weighted by Crippen LogP contribution is 2.18. The van der Waals surface area contributed by atoms with Gasteiger partial charge in [-0.15, -0.1) is 0 Å². The molecule has 0 radical (unpaired) electrons. The van der Waals surface area contributed by atoms with E-state index in [1.54, 1.807) is 12.4 Å². The Morgan fingerprint density at radius 2 is 2.14 bits per heavy atom. The predicted octanol–water partition coefficient (Wildman–Crippen LogP) is 2.44. The number of hydrogen-bond acceptors (Lipinski definition) is 3. The summed E-state index contributed by atoms with van der Waals surface area (Å²) in [5.41, 5.74) is 0.161. The number of imidazole rings is 1. The molecule has 4 nitrogen and oxygen atoms in total. The van der Waals surface area contributed by atoms with Gasteiger partial charge in [0.2, 0.25) is 0 Å². The molecule has 0 unspecified atom stereocenters. The second-order valence-corrected chi connectivity index (χ2v) is 5.69. The van der Waals surface area contributed by atoms with Gasteiger partial charge in [0.1, 0.15) is 17.5 Å². The number of piperidine rings is 1. The van der Waals surface area contributed by atoms with Crippen LogP contribution < -0.4 is 5.32 Å². The van der Waals surface area contributed by atoms with Crippen LogP contribution in [0, 0.1) is 11.6 Å². The van der Waals surface area contributed by atoms with E-state index in [1.807, 2.05) is 0 Å². The van der Waals surface area contributed by atoms with Gasteiger partial charge < -0.3 is 10.3 Å². The number of benzene rings is 1. The third-order valence-electron chi connectivity index (χ3n) is 4.06. The lowest BCUT2D eigenvalue weighted by Gasteiger charge is -2.33. The second-order valence-electron chi connectivity index (χ2n) is 5.69. The summed E-state index contributed by atoms with van der Waals surface area (Å²) >= 11 is 0.